The predicted molar refractivity (Wildman–Crippen MR) is 93.2 cm³/mol. The van der Waals surface area contributed by atoms with Gasteiger partial charge in [0.25, 0.3) is 5.56 Å². The second-order valence-corrected chi connectivity index (χ2v) is 5.49. The van der Waals surface area contributed by atoms with Crippen molar-refractivity contribution in [2.75, 3.05) is 7.11 Å². The van der Waals surface area contributed by atoms with Gasteiger partial charge in [-0.15, -0.1) is 0 Å². The Balaban J connectivity index is 1.99. The third kappa shape index (κ3) is 3.63. The van der Waals surface area contributed by atoms with Crippen molar-refractivity contribution in [1.82, 2.24) is 4.57 Å². The second kappa shape index (κ2) is 7.09. The number of aliphatic carboxylic acids is 1. The number of benzene rings is 2. The van der Waals surface area contributed by atoms with E-state index < -0.39 is 12.5 Å². The van der Waals surface area contributed by atoms with Crippen molar-refractivity contribution in [3.8, 4) is 11.5 Å². The normalized spacial score (nSPS) is 10.6. The van der Waals surface area contributed by atoms with Crippen LogP contribution in [0, 0.1) is 0 Å². The molecule has 25 heavy (non-hydrogen) atoms. The highest BCUT2D eigenvalue weighted by atomic mass is 16.5. The first kappa shape index (κ1) is 16.6. The van der Waals surface area contributed by atoms with Gasteiger partial charge in [-0.3, -0.25) is 14.2 Å². The van der Waals surface area contributed by atoms with E-state index in [0.29, 0.717) is 11.3 Å². The number of carboxylic acid groups (broad SMARTS) is 1. The van der Waals surface area contributed by atoms with Crippen LogP contribution >= 0.6 is 0 Å². The van der Waals surface area contributed by atoms with E-state index in [1.807, 2.05) is 30.3 Å². The van der Waals surface area contributed by atoms with Gasteiger partial charge in [-0.2, -0.15) is 0 Å². The maximum atomic E-state index is 12.1. The number of fused-ring (bicyclic) bond motifs is 1. The lowest BCUT2D eigenvalue weighted by molar-refractivity contribution is -0.137. The summed E-state index contributed by atoms with van der Waals surface area (Å²) in [6.45, 7) is -0.151. The largest absolute Gasteiger partial charge is 0.497 e. The summed E-state index contributed by atoms with van der Waals surface area (Å²) in [5.41, 5.74) is 0.993. The van der Waals surface area contributed by atoms with Gasteiger partial charge in [-0.05, 0) is 29.8 Å². The summed E-state index contributed by atoms with van der Waals surface area (Å²) in [4.78, 5) is 23.2. The molecular weight excluding hydrogens is 322 g/mol. The van der Waals surface area contributed by atoms with Crippen molar-refractivity contribution >= 4 is 16.9 Å². The standard InChI is InChI=1S/C19H17NO5/c1-24-15-6-2-4-13(10-15)12-25-16-7-3-5-14-8-9-17(21)20(19(14)16)11-18(22)23/h2-10H,11-12H2,1H3,(H,22,23). The van der Waals surface area contributed by atoms with Gasteiger partial charge in [0, 0.05) is 11.5 Å². The number of hydrogen-bond donors (Lipinski definition) is 1. The number of carbonyl (C=O) groups is 1. The predicted octanol–water partition coefficient (Wildman–Crippen LogP) is 2.67. The van der Waals surface area contributed by atoms with Crippen molar-refractivity contribution in [2.24, 2.45) is 0 Å². The third-order valence-corrected chi connectivity index (χ3v) is 3.79. The molecule has 0 unspecified atom stereocenters. The average Bonchev–Trinajstić information content (AvgIpc) is 2.62. The van der Waals surface area contributed by atoms with Crippen LogP contribution in [0.2, 0.25) is 0 Å². The number of carboxylic acids is 1. The molecule has 0 aliphatic heterocycles. The molecule has 2 aromatic carbocycles. The van der Waals surface area contributed by atoms with Gasteiger partial charge in [-0.1, -0.05) is 24.3 Å². The molecule has 3 aromatic rings. The summed E-state index contributed by atoms with van der Waals surface area (Å²) in [6, 6.07) is 15.8. The molecule has 3 rings (SSSR count). The van der Waals surface area contributed by atoms with E-state index in [2.05, 4.69) is 0 Å². The number of ether oxygens (including phenoxy) is 2. The monoisotopic (exact) mass is 339 g/mol. The number of pyridine rings is 1. The van der Waals surface area contributed by atoms with Crippen LogP contribution in [0.5, 0.6) is 11.5 Å². The molecule has 1 heterocycles. The highest BCUT2D eigenvalue weighted by Gasteiger charge is 2.12. The van der Waals surface area contributed by atoms with Crippen LogP contribution in [-0.2, 0) is 17.9 Å². The maximum absolute atomic E-state index is 12.1. The van der Waals surface area contributed by atoms with Gasteiger partial charge < -0.3 is 14.6 Å². The van der Waals surface area contributed by atoms with Crippen LogP contribution in [0.15, 0.2) is 59.4 Å². The lowest BCUT2D eigenvalue weighted by atomic mass is 10.2. The molecule has 1 aromatic heterocycles. The average molecular weight is 339 g/mol. The van der Waals surface area contributed by atoms with Crippen molar-refractivity contribution in [3.63, 3.8) is 0 Å². The van der Waals surface area contributed by atoms with E-state index in [0.717, 1.165) is 16.7 Å². The van der Waals surface area contributed by atoms with Gasteiger partial charge in [0.15, 0.2) is 0 Å². The Bertz CT molecular complexity index is 977. The van der Waals surface area contributed by atoms with E-state index in [9.17, 15) is 9.59 Å². The minimum atomic E-state index is -1.09. The van der Waals surface area contributed by atoms with E-state index >= 15 is 0 Å². The molecule has 0 amide bonds. The number of hydrogen-bond acceptors (Lipinski definition) is 4. The Labute approximate surface area is 143 Å². The van der Waals surface area contributed by atoms with E-state index in [1.54, 1.807) is 25.3 Å². The number of rotatable bonds is 6. The Morgan fingerprint density at radius 1 is 1.12 bits per heavy atom. The quantitative estimate of drug-likeness (QED) is 0.747. The molecule has 0 bridgehead atoms. The molecule has 0 saturated carbocycles. The minimum Gasteiger partial charge on any atom is -0.497 e. The Morgan fingerprint density at radius 3 is 2.68 bits per heavy atom. The van der Waals surface area contributed by atoms with Gasteiger partial charge in [0.2, 0.25) is 0 Å². The third-order valence-electron chi connectivity index (χ3n) is 3.79. The summed E-state index contributed by atoms with van der Waals surface area (Å²) >= 11 is 0. The summed E-state index contributed by atoms with van der Waals surface area (Å²) in [5, 5.41) is 9.83. The molecule has 0 radical (unpaired) electrons. The molecule has 0 aliphatic carbocycles. The summed E-state index contributed by atoms with van der Waals surface area (Å²) in [5.74, 6) is 0.0956. The van der Waals surface area contributed by atoms with Crippen LogP contribution in [0.4, 0.5) is 0 Å². The van der Waals surface area contributed by atoms with Gasteiger partial charge in [-0.25, -0.2) is 0 Å². The molecule has 1 N–H and O–H groups in total. The number of aromatic nitrogens is 1. The zero-order valence-electron chi connectivity index (χ0n) is 13.6. The molecule has 6 nitrogen and oxygen atoms in total. The zero-order valence-corrected chi connectivity index (χ0v) is 13.6. The SMILES string of the molecule is COc1cccc(COc2cccc3ccc(=O)n(CC(=O)O)c23)c1. The highest BCUT2D eigenvalue weighted by Crippen LogP contribution is 2.25. The molecule has 0 atom stereocenters. The fraction of sp³-hybridized carbons (Fsp3) is 0.158. The number of para-hydroxylation sites is 1. The minimum absolute atomic E-state index is 0.270. The first-order valence-electron chi connectivity index (χ1n) is 7.68. The van der Waals surface area contributed by atoms with E-state index in [1.165, 1.54) is 10.6 Å². The Morgan fingerprint density at radius 2 is 1.92 bits per heavy atom. The summed E-state index contributed by atoms with van der Waals surface area (Å²) < 4.78 is 12.3. The van der Waals surface area contributed by atoms with Gasteiger partial charge >= 0.3 is 5.97 Å². The van der Waals surface area contributed by atoms with Gasteiger partial charge in [0.1, 0.15) is 24.7 Å². The van der Waals surface area contributed by atoms with Crippen molar-refractivity contribution < 1.29 is 19.4 Å². The summed E-state index contributed by atoms with van der Waals surface area (Å²) in [6.07, 6.45) is 0. The van der Waals surface area contributed by atoms with Crippen LogP contribution in [0.1, 0.15) is 5.56 Å². The second-order valence-electron chi connectivity index (χ2n) is 5.49. The highest BCUT2D eigenvalue weighted by molar-refractivity contribution is 5.86. The molecule has 0 fully saturated rings. The lowest BCUT2D eigenvalue weighted by Gasteiger charge is -2.14. The molecule has 0 saturated heterocycles. The van der Waals surface area contributed by atoms with Gasteiger partial charge in [0.05, 0.1) is 12.6 Å². The molecular formula is C19H17NO5. The Kier molecular flexibility index (Phi) is 4.70. The molecule has 0 aliphatic rings. The fourth-order valence-corrected chi connectivity index (χ4v) is 2.66. The number of nitrogens with zero attached hydrogens (tertiary/aromatic N) is 1. The molecule has 6 heteroatoms. The molecule has 0 spiro atoms. The first-order chi connectivity index (χ1) is 12.1. The fourth-order valence-electron chi connectivity index (χ4n) is 2.66. The zero-order chi connectivity index (χ0) is 17.8. The topological polar surface area (TPSA) is 77.8 Å². The lowest BCUT2D eigenvalue weighted by Crippen LogP contribution is -2.23. The van der Waals surface area contributed by atoms with Crippen LogP contribution in [0.3, 0.4) is 0 Å². The van der Waals surface area contributed by atoms with Crippen LogP contribution in [-0.4, -0.2) is 22.8 Å². The maximum Gasteiger partial charge on any atom is 0.323 e. The smallest absolute Gasteiger partial charge is 0.323 e. The first-order valence-corrected chi connectivity index (χ1v) is 7.68. The van der Waals surface area contributed by atoms with Crippen LogP contribution < -0.4 is 15.0 Å². The summed E-state index contributed by atoms with van der Waals surface area (Å²) in [7, 11) is 1.59. The van der Waals surface area contributed by atoms with Crippen LogP contribution in [0.25, 0.3) is 10.9 Å². The van der Waals surface area contributed by atoms with Crippen molar-refractivity contribution in [3.05, 3.63) is 70.5 Å². The van der Waals surface area contributed by atoms with Crippen molar-refractivity contribution in [2.45, 2.75) is 13.2 Å². The number of methoxy groups -OCH3 is 1. The van der Waals surface area contributed by atoms with Crippen molar-refractivity contribution in [1.29, 1.82) is 0 Å². The Hall–Kier alpha value is -3.28. The van der Waals surface area contributed by atoms with E-state index in [-0.39, 0.29) is 12.2 Å². The molecule has 128 valence electrons. The van der Waals surface area contributed by atoms with E-state index in [4.69, 9.17) is 14.6 Å².